The van der Waals surface area contributed by atoms with E-state index in [2.05, 4.69) is 31.9 Å². The van der Waals surface area contributed by atoms with E-state index in [0.29, 0.717) is 11.5 Å². The van der Waals surface area contributed by atoms with Gasteiger partial charge < -0.3 is 18.9 Å². The fourth-order valence-corrected chi connectivity index (χ4v) is 4.18. The molecule has 1 aliphatic rings. The molecular weight excluding hydrogens is 364 g/mol. The molecule has 0 saturated heterocycles. The normalized spacial score (nSPS) is 18.2. The molecule has 0 aliphatic carbocycles. The van der Waals surface area contributed by atoms with Crippen molar-refractivity contribution in [1.29, 1.82) is 0 Å². The lowest BCUT2D eigenvalue weighted by Crippen LogP contribution is -2.44. The molecule has 0 N–H and O–H groups in total. The first kappa shape index (κ1) is 12.6. The highest BCUT2D eigenvalue weighted by Crippen LogP contribution is 2.50. The molecule has 7 heteroatoms. The summed E-state index contributed by atoms with van der Waals surface area (Å²) in [6.07, 6.45) is 0. The molecule has 0 bridgehead atoms. The van der Waals surface area contributed by atoms with Crippen molar-refractivity contribution >= 4 is 43.2 Å². The number of hydrogen-bond donors (Lipinski definition) is 0. The molecule has 0 saturated carbocycles. The standard InChI is InChI=1S/C9H10Br2O4S/c1-12-9(13-2)3-14-5-6(15-4-9)8(11)16-7(5)10/h3-4H2,1-2H3. The third kappa shape index (κ3) is 2.11. The summed E-state index contributed by atoms with van der Waals surface area (Å²) in [4.78, 5) is 0. The summed E-state index contributed by atoms with van der Waals surface area (Å²) in [6, 6.07) is 0. The highest BCUT2D eigenvalue weighted by molar-refractivity contribution is 9.12. The van der Waals surface area contributed by atoms with Gasteiger partial charge in [0.1, 0.15) is 20.8 Å². The zero-order valence-corrected chi connectivity index (χ0v) is 12.7. The van der Waals surface area contributed by atoms with Crippen LogP contribution < -0.4 is 9.47 Å². The van der Waals surface area contributed by atoms with Crippen LogP contribution in [-0.4, -0.2) is 33.2 Å². The van der Waals surface area contributed by atoms with Crippen LogP contribution in [-0.2, 0) is 9.47 Å². The van der Waals surface area contributed by atoms with Crippen LogP contribution in [0.1, 0.15) is 0 Å². The second-order valence-electron chi connectivity index (χ2n) is 3.20. The Bertz CT molecular complexity index is 359. The maximum Gasteiger partial charge on any atom is 0.237 e. The minimum absolute atomic E-state index is 0.286. The van der Waals surface area contributed by atoms with Crippen molar-refractivity contribution in [2.24, 2.45) is 0 Å². The molecule has 1 aromatic heterocycles. The summed E-state index contributed by atoms with van der Waals surface area (Å²) in [5, 5.41) is 0. The Kier molecular flexibility index (Phi) is 3.80. The summed E-state index contributed by atoms with van der Waals surface area (Å²) >= 11 is 8.35. The average molecular weight is 374 g/mol. The minimum Gasteiger partial charge on any atom is -0.482 e. The fourth-order valence-electron chi connectivity index (χ4n) is 1.32. The van der Waals surface area contributed by atoms with Crippen molar-refractivity contribution in [3.05, 3.63) is 7.57 Å². The van der Waals surface area contributed by atoms with E-state index < -0.39 is 5.79 Å². The third-order valence-electron chi connectivity index (χ3n) is 2.36. The van der Waals surface area contributed by atoms with Gasteiger partial charge >= 0.3 is 0 Å². The van der Waals surface area contributed by atoms with Gasteiger partial charge in [0, 0.05) is 14.2 Å². The quantitative estimate of drug-likeness (QED) is 0.746. The SMILES string of the molecule is COC1(OC)COc2c(Br)sc(Br)c2OC1. The van der Waals surface area contributed by atoms with E-state index in [9.17, 15) is 0 Å². The summed E-state index contributed by atoms with van der Waals surface area (Å²) in [5.41, 5.74) is 0. The van der Waals surface area contributed by atoms with Crippen molar-refractivity contribution in [3.63, 3.8) is 0 Å². The Hall–Kier alpha value is 0.180. The Labute approximate surface area is 114 Å². The molecule has 0 amide bonds. The zero-order chi connectivity index (χ0) is 11.8. The Morgan fingerprint density at radius 2 is 1.50 bits per heavy atom. The van der Waals surface area contributed by atoms with Crippen molar-refractivity contribution in [2.45, 2.75) is 5.79 Å². The van der Waals surface area contributed by atoms with E-state index in [1.54, 1.807) is 14.2 Å². The largest absolute Gasteiger partial charge is 0.482 e. The molecule has 0 aromatic carbocycles. The maximum atomic E-state index is 5.66. The lowest BCUT2D eigenvalue weighted by molar-refractivity contribution is -0.232. The lowest BCUT2D eigenvalue weighted by Gasteiger charge is -2.27. The second-order valence-corrected chi connectivity index (χ2v) is 6.86. The molecule has 0 atom stereocenters. The molecule has 4 nitrogen and oxygen atoms in total. The Morgan fingerprint density at radius 3 is 1.88 bits per heavy atom. The van der Waals surface area contributed by atoms with Gasteiger partial charge in [-0.25, -0.2) is 0 Å². The van der Waals surface area contributed by atoms with Gasteiger partial charge in [-0.2, -0.15) is 0 Å². The number of halogens is 2. The minimum atomic E-state index is -0.852. The fraction of sp³-hybridized carbons (Fsp3) is 0.556. The molecule has 0 fully saturated rings. The first-order chi connectivity index (χ1) is 7.62. The third-order valence-corrected chi connectivity index (χ3v) is 4.78. The van der Waals surface area contributed by atoms with Gasteiger partial charge in [0.2, 0.25) is 5.79 Å². The molecule has 0 unspecified atom stereocenters. The van der Waals surface area contributed by atoms with Crippen LogP contribution in [0.2, 0.25) is 0 Å². The van der Waals surface area contributed by atoms with Gasteiger partial charge in [-0.05, 0) is 31.9 Å². The van der Waals surface area contributed by atoms with E-state index in [-0.39, 0.29) is 13.2 Å². The van der Waals surface area contributed by atoms with Gasteiger partial charge in [-0.1, -0.05) is 0 Å². The zero-order valence-electron chi connectivity index (χ0n) is 8.71. The number of methoxy groups -OCH3 is 2. The smallest absolute Gasteiger partial charge is 0.237 e. The van der Waals surface area contributed by atoms with Crippen molar-refractivity contribution in [3.8, 4) is 11.5 Å². The van der Waals surface area contributed by atoms with Crippen molar-refractivity contribution < 1.29 is 18.9 Å². The molecule has 1 aromatic rings. The van der Waals surface area contributed by atoms with Crippen LogP contribution in [0.3, 0.4) is 0 Å². The van der Waals surface area contributed by atoms with Crippen LogP contribution in [0.4, 0.5) is 0 Å². The highest BCUT2D eigenvalue weighted by atomic mass is 79.9. The molecule has 0 radical (unpaired) electrons. The number of fused-ring (bicyclic) bond motifs is 1. The predicted octanol–water partition coefficient (Wildman–Crippen LogP) is 3.03. The van der Waals surface area contributed by atoms with Crippen LogP contribution in [0, 0.1) is 0 Å². The highest BCUT2D eigenvalue weighted by Gasteiger charge is 2.37. The maximum absolute atomic E-state index is 5.66. The average Bonchev–Trinajstić information content (AvgIpc) is 2.49. The van der Waals surface area contributed by atoms with E-state index in [1.807, 2.05) is 0 Å². The first-order valence-corrected chi connectivity index (χ1v) is 6.86. The number of hydrogen-bond acceptors (Lipinski definition) is 5. The summed E-state index contributed by atoms with van der Waals surface area (Å²) in [6.45, 7) is 0.573. The van der Waals surface area contributed by atoms with Crippen LogP contribution in [0.15, 0.2) is 7.57 Å². The molecule has 2 rings (SSSR count). The van der Waals surface area contributed by atoms with Crippen LogP contribution in [0.5, 0.6) is 11.5 Å². The Balaban J connectivity index is 2.28. The second kappa shape index (κ2) is 4.81. The van der Waals surface area contributed by atoms with Gasteiger partial charge in [-0.3, -0.25) is 0 Å². The topological polar surface area (TPSA) is 36.9 Å². The monoisotopic (exact) mass is 372 g/mol. The van der Waals surface area contributed by atoms with Crippen LogP contribution in [0.25, 0.3) is 0 Å². The molecule has 0 spiro atoms. The summed E-state index contributed by atoms with van der Waals surface area (Å²) in [5.74, 6) is 0.524. The van der Waals surface area contributed by atoms with Crippen LogP contribution >= 0.6 is 43.2 Å². The van der Waals surface area contributed by atoms with Crippen molar-refractivity contribution in [1.82, 2.24) is 0 Å². The molecular formula is C9H10Br2O4S. The van der Waals surface area contributed by atoms with E-state index in [4.69, 9.17) is 18.9 Å². The predicted molar refractivity (Wildman–Crippen MR) is 67.5 cm³/mol. The van der Waals surface area contributed by atoms with Crippen molar-refractivity contribution in [2.75, 3.05) is 27.4 Å². The summed E-state index contributed by atoms with van der Waals surface area (Å²) < 4.78 is 23.7. The Morgan fingerprint density at radius 1 is 1.06 bits per heavy atom. The molecule has 2 heterocycles. The number of thiophene rings is 1. The number of rotatable bonds is 2. The van der Waals surface area contributed by atoms with E-state index in [1.165, 1.54) is 11.3 Å². The van der Waals surface area contributed by atoms with E-state index >= 15 is 0 Å². The molecule has 16 heavy (non-hydrogen) atoms. The first-order valence-electron chi connectivity index (χ1n) is 4.45. The van der Waals surface area contributed by atoms with E-state index in [0.717, 1.165) is 7.57 Å². The van der Waals surface area contributed by atoms with Gasteiger partial charge in [0.25, 0.3) is 0 Å². The van der Waals surface area contributed by atoms with Gasteiger partial charge in [0.15, 0.2) is 11.5 Å². The molecule has 90 valence electrons. The number of ether oxygens (including phenoxy) is 4. The van der Waals surface area contributed by atoms with Gasteiger partial charge in [-0.15, -0.1) is 11.3 Å². The summed E-state index contributed by atoms with van der Waals surface area (Å²) in [7, 11) is 3.14. The van der Waals surface area contributed by atoms with Gasteiger partial charge in [0.05, 0.1) is 0 Å². The molecule has 1 aliphatic heterocycles. The lowest BCUT2D eigenvalue weighted by atomic mass is 10.3.